The van der Waals surface area contributed by atoms with Crippen molar-refractivity contribution in [2.45, 2.75) is 35.8 Å². The number of para-hydroxylation sites is 1. The number of aryl methyl sites for hydroxylation is 1. The molecule has 0 saturated carbocycles. The molecule has 6 rings (SSSR count). The van der Waals surface area contributed by atoms with E-state index in [1.165, 1.54) is 21.6 Å². The molecule has 214 valence electrons. The number of thioether (sulfide) groups is 1. The van der Waals surface area contributed by atoms with Crippen molar-refractivity contribution in [3.8, 4) is 0 Å². The summed E-state index contributed by atoms with van der Waals surface area (Å²) in [4.78, 5) is 55.0. The number of hydrogen-bond donors (Lipinski definition) is 1. The summed E-state index contributed by atoms with van der Waals surface area (Å²) in [5.41, 5.74) is 0.714. The lowest BCUT2D eigenvalue weighted by Crippen LogP contribution is -2.33. The van der Waals surface area contributed by atoms with Crippen LogP contribution in [0.5, 0.6) is 0 Å². The Morgan fingerprint density at radius 2 is 1.57 bits per heavy atom. The van der Waals surface area contributed by atoms with Gasteiger partial charge in [0.2, 0.25) is 17.7 Å². The quantitative estimate of drug-likeness (QED) is 0.295. The fourth-order valence-corrected chi connectivity index (χ4v) is 8.17. The van der Waals surface area contributed by atoms with E-state index in [0.717, 1.165) is 46.4 Å². The molecule has 1 aromatic heterocycles. The van der Waals surface area contributed by atoms with Gasteiger partial charge in [-0.2, -0.15) is 13.2 Å². The minimum absolute atomic E-state index is 0.353. The Morgan fingerprint density at radius 3 is 2.26 bits per heavy atom. The Labute approximate surface area is 246 Å². The Kier molecular flexibility index (Phi) is 7.06. The van der Waals surface area contributed by atoms with Gasteiger partial charge < -0.3 is 5.32 Å². The highest BCUT2D eigenvalue weighted by atomic mass is 32.2. The van der Waals surface area contributed by atoms with Crippen LogP contribution in [-0.4, -0.2) is 27.5 Å². The summed E-state index contributed by atoms with van der Waals surface area (Å²) in [6, 6.07) is 20.7. The third-order valence-electron chi connectivity index (χ3n) is 7.31. The zero-order chi connectivity index (χ0) is 29.8. The van der Waals surface area contributed by atoms with E-state index >= 15 is 0 Å². The first-order valence-corrected chi connectivity index (χ1v) is 14.6. The molecule has 3 aromatic carbocycles. The third-order valence-corrected chi connectivity index (χ3v) is 9.91. The highest BCUT2D eigenvalue weighted by Crippen LogP contribution is 2.53. The minimum Gasteiger partial charge on any atom is -0.324 e. The van der Waals surface area contributed by atoms with Crippen LogP contribution in [0.4, 0.5) is 24.5 Å². The van der Waals surface area contributed by atoms with E-state index in [1.807, 2.05) is 37.3 Å². The fraction of sp³-hybridized carbons (Fsp3) is 0.200. The zero-order valence-electron chi connectivity index (χ0n) is 21.9. The van der Waals surface area contributed by atoms with Gasteiger partial charge in [-0.25, -0.2) is 4.90 Å². The van der Waals surface area contributed by atoms with Crippen molar-refractivity contribution in [1.29, 1.82) is 0 Å². The second-order valence-corrected chi connectivity index (χ2v) is 12.1. The number of benzene rings is 3. The Morgan fingerprint density at radius 1 is 0.905 bits per heavy atom. The maximum absolute atomic E-state index is 13.9. The molecule has 3 atom stereocenters. The van der Waals surface area contributed by atoms with E-state index < -0.39 is 57.7 Å². The van der Waals surface area contributed by atoms with Crippen molar-refractivity contribution in [2.24, 2.45) is 5.92 Å². The molecule has 4 aromatic rings. The summed E-state index contributed by atoms with van der Waals surface area (Å²) in [6.07, 6.45) is -4.69. The molecule has 3 heterocycles. The maximum atomic E-state index is 13.9. The SMILES string of the molecule is Cc1ccc(N2C(=O)C3Sc4c(sc(=O)n4CC(=O)Nc4ccccc4C(F)(F)F)C(c4ccccc4)C3C2=O)cc1. The number of alkyl halides is 3. The first-order valence-electron chi connectivity index (χ1n) is 12.9. The van der Waals surface area contributed by atoms with Crippen molar-refractivity contribution in [2.75, 3.05) is 10.2 Å². The Hall–Kier alpha value is -4.16. The first-order chi connectivity index (χ1) is 20.0. The van der Waals surface area contributed by atoms with Crippen molar-refractivity contribution in [3.05, 3.63) is 110 Å². The van der Waals surface area contributed by atoms with Crippen molar-refractivity contribution in [1.82, 2.24) is 4.57 Å². The summed E-state index contributed by atoms with van der Waals surface area (Å²) in [5, 5.41) is 1.76. The number of fused-ring (bicyclic) bond motifs is 2. The maximum Gasteiger partial charge on any atom is 0.418 e. The largest absolute Gasteiger partial charge is 0.418 e. The third kappa shape index (κ3) is 4.84. The van der Waals surface area contributed by atoms with E-state index in [9.17, 15) is 32.3 Å². The van der Waals surface area contributed by atoms with Crippen LogP contribution in [-0.2, 0) is 27.1 Å². The molecular weight excluding hydrogens is 587 g/mol. The van der Waals surface area contributed by atoms with E-state index in [-0.39, 0.29) is 5.91 Å². The van der Waals surface area contributed by atoms with Crippen LogP contribution in [0.2, 0.25) is 0 Å². The van der Waals surface area contributed by atoms with Gasteiger partial charge in [-0.05, 0) is 36.8 Å². The lowest BCUT2D eigenvalue weighted by molar-refractivity contribution is -0.137. The summed E-state index contributed by atoms with van der Waals surface area (Å²) < 4.78 is 41.6. The van der Waals surface area contributed by atoms with E-state index in [0.29, 0.717) is 15.6 Å². The smallest absolute Gasteiger partial charge is 0.324 e. The first kappa shape index (κ1) is 28.0. The number of nitrogens with one attached hydrogen (secondary N) is 1. The Balaban J connectivity index is 1.38. The van der Waals surface area contributed by atoms with Crippen molar-refractivity contribution < 1.29 is 27.6 Å². The number of anilines is 2. The van der Waals surface area contributed by atoms with Crippen LogP contribution in [0, 0.1) is 12.8 Å². The van der Waals surface area contributed by atoms with Crippen LogP contribution in [0.3, 0.4) is 0 Å². The van der Waals surface area contributed by atoms with E-state index in [2.05, 4.69) is 5.32 Å². The molecular formula is C30H22F3N3O4S2. The zero-order valence-corrected chi connectivity index (χ0v) is 23.6. The molecule has 1 fully saturated rings. The van der Waals surface area contributed by atoms with Crippen LogP contribution in [0.25, 0.3) is 0 Å². The monoisotopic (exact) mass is 609 g/mol. The lowest BCUT2D eigenvalue weighted by Gasteiger charge is -2.30. The van der Waals surface area contributed by atoms with Gasteiger partial charge >= 0.3 is 11.0 Å². The molecule has 3 unspecified atom stereocenters. The van der Waals surface area contributed by atoms with Gasteiger partial charge in [-0.1, -0.05) is 83.3 Å². The molecule has 1 saturated heterocycles. The highest BCUT2D eigenvalue weighted by molar-refractivity contribution is 8.00. The van der Waals surface area contributed by atoms with Gasteiger partial charge in [0.25, 0.3) is 0 Å². The average molecular weight is 610 g/mol. The molecule has 0 spiro atoms. The normalized spacial score (nSPS) is 19.9. The molecule has 2 aliphatic rings. The van der Waals surface area contributed by atoms with Crippen LogP contribution in [0.1, 0.15) is 27.5 Å². The minimum atomic E-state index is -4.69. The van der Waals surface area contributed by atoms with Gasteiger partial charge in [-0.15, -0.1) is 0 Å². The number of imide groups is 1. The molecule has 1 N–H and O–H groups in total. The van der Waals surface area contributed by atoms with Crippen molar-refractivity contribution in [3.63, 3.8) is 0 Å². The molecule has 0 aliphatic carbocycles. The number of hydrogen-bond acceptors (Lipinski definition) is 6. The van der Waals surface area contributed by atoms with Gasteiger partial charge in [0, 0.05) is 10.8 Å². The highest BCUT2D eigenvalue weighted by Gasteiger charge is 2.56. The second-order valence-electron chi connectivity index (χ2n) is 10.0. The number of nitrogens with zero attached hydrogens (tertiary/aromatic N) is 2. The number of rotatable bonds is 5. The predicted octanol–water partition coefficient (Wildman–Crippen LogP) is 5.67. The Bertz CT molecular complexity index is 1770. The van der Waals surface area contributed by atoms with E-state index in [1.54, 1.807) is 24.3 Å². The number of amides is 3. The predicted molar refractivity (Wildman–Crippen MR) is 154 cm³/mol. The average Bonchev–Trinajstić information content (AvgIpc) is 3.40. The van der Waals surface area contributed by atoms with Gasteiger partial charge in [0.15, 0.2) is 0 Å². The molecule has 0 bridgehead atoms. The molecule has 2 aliphatic heterocycles. The van der Waals surface area contributed by atoms with E-state index in [4.69, 9.17) is 0 Å². The lowest BCUT2D eigenvalue weighted by atomic mass is 9.83. The molecule has 0 radical (unpaired) electrons. The molecule has 12 heteroatoms. The number of aromatic nitrogens is 1. The topological polar surface area (TPSA) is 88.5 Å². The molecule has 7 nitrogen and oxygen atoms in total. The summed E-state index contributed by atoms with van der Waals surface area (Å²) in [7, 11) is 0. The van der Waals surface area contributed by atoms with Crippen LogP contribution < -0.4 is 15.1 Å². The van der Waals surface area contributed by atoms with Crippen LogP contribution in [0.15, 0.2) is 88.7 Å². The number of thiazole rings is 1. The van der Waals surface area contributed by atoms with Gasteiger partial charge in [-0.3, -0.25) is 23.7 Å². The number of carbonyl (C=O) groups excluding carboxylic acids is 3. The molecule has 3 amide bonds. The number of carbonyl (C=O) groups is 3. The fourth-order valence-electron chi connectivity index (χ4n) is 5.40. The standard InChI is InChI=1S/C30H22F3N3O4S2/c1-16-11-13-18(14-12-16)36-26(38)23-22(17-7-3-2-4-8-17)25-28(41-24(23)27(36)39)35(29(40)42-25)15-21(37)34-20-10-6-5-9-19(20)30(31,32)33/h2-14,22-24H,15H2,1H3,(H,34,37). The number of halogens is 3. The van der Waals surface area contributed by atoms with Crippen molar-refractivity contribution >= 4 is 52.2 Å². The van der Waals surface area contributed by atoms with Gasteiger partial charge in [0.05, 0.1) is 27.9 Å². The second kappa shape index (κ2) is 10.6. The summed E-state index contributed by atoms with van der Waals surface area (Å²) in [6.45, 7) is 1.33. The molecule has 42 heavy (non-hydrogen) atoms. The van der Waals surface area contributed by atoms with Crippen LogP contribution >= 0.6 is 23.1 Å². The summed E-state index contributed by atoms with van der Waals surface area (Å²) >= 11 is 1.92. The van der Waals surface area contributed by atoms with Gasteiger partial charge in [0.1, 0.15) is 11.8 Å². The summed E-state index contributed by atoms with van der Waals surface area (Å²) in [5.74, 6) is -3.07.